The van der Waals surface area contributed by atoms with Crippen LogP contribution in [0.5, 0.6) is 0 Å². The van der Waals surface area contributed by atoms with E-state index in [1.807, 2.05) is 41.7 Å². The lowest BCUT2D eigenvalue weighted by molar-refractivity contribution is 0.591. The number of fused-ring (bicyclic) bond motifs is 3. The van der Waals surface area contributed by atoms with Crippen molar-refractivity contribution in [1.82, 2.24) is 0 Å². The Labute approximate surface area is 240 Å². The van der Waals surface area contributed by atoms with E-state index in [0.717, 1.165) is 28.8 Å². The Kier molecular flexibility index (Phi) is 6.86. The van der Waals surface area contributed by atoms with E-state index in [2.05, 4.69) is 115 Å². The second kappa shape index (κ2) is 10.8. The van der Waals surface area contributed by atoms with Crippen LogP contribution >= 0.6 is 26.4 Å². The summed E-state index contributed by atoms with van der Waals surface area (Å²) >= 11 is 1.81. The van der Waals surface area contributed by atoms with Gasteiger partial charge in [-0.3, -0.25) is 0 Å². The average molecular weight is 571 g/mol. The Balaban J connectivity index is 1.42. The van der Waals surface area contributed by atoms with Crippen molar-refractivity contribution in [2.24, 2.45) is 0 Å². The molecule has 1 heterocycles. The van der Waals surface area contributed by atoms with Gasteiger partial charge in [0.2, 0.25) is 0 Å². The molecule has 4 heteroatoms. The van der Waals surface area contributed by atoms with E-state index in [0.29, 0.717) is 0 Å². The second-order valence-electron chi connectivity index (χ2n) is 10.0. The minimum absolute atomic E-state index is 0.701. The molecule has 0 saturated heterocycles. The van der Waals surface area contributed by atoms with Crippen molar-refractivity contribution in [3.05, 3.63) is 151 Å². The molecule has 0 bridgehead atoms. The average Bonchev–Trinajstić information content (AvgIpc) is 3.40. The number of rotatable bonds is 6. The molecular weight excluding hydrogens is 542 g/mol. The van der Waals surface area contributed by atoms with E-state index < -0.39 is 15.1 Å². The van der Waals surface area contributed by atoms with E-state index in [1.54, 1.807) is 0 Å². The Morgan fingerprint density at radius 3 is 1.80 bits per heavy atom. The summed E-state index contributed by atoms with van der Waals surface area (Å²) < 4.78 is 17.6. The Morgan fingerprint density at radius 1 is 0.575 bits per heavy atom. The van der Waals surface area contributed by atoms with Gasteiger partial charge in [0, 0.05) is 36.1 Å². The first-order chi connectivity index (χ1) is 19.7. The summed E-state index contributed by atoms with van der Waals surface area (Å²) in [7, 11) is -3.70. The number of thiophene rings is 1. The van der Waals surface area contributed by atoms with Crippen molar-refractivity contribution in [2.75, 3.05) is 0 Å². The van der Waals surface area contributed by atoms with Gasteiger partial charge in [-0.25, -0.2) is 0 Å². The van der Waals surface area contributed by atoms with Crippen LogP contribution in [0.1, 0.15) is 12.8 Å². The van der Waals surface area contributed by atoms with Crippen molar-refractivity contribution in [3.63, 3.8) is 0 Å². The molecule has 1 aliphatic rings. The van der Waals surface area contributed by atoms with Crippen LogP contribution in [0, 0.1) is 0 Å². The molecule has 1 nitrogen and oxygen atoms in total. The lowest BCUT2D eigenvalue weighted by Gasteiger charge is -2.22. The quantitative estimate of drug-likeness (QED) is 0.184. The molecule has 5 aromatic carbocycles. The Hall–Kier alpha value is -3.54. The van der Waals surface area contributed by atoms with Crippen molar-refractivity contribution < 1.29 is 4.57 Å². The van der Waals surface area contributed by atoms with Gasteiger partial charge < -0.3 is 4.57 Å². The topological polar surface area (TPSA) is 17.1 Å². The highest BCUT2D eigenvalue weighted by atomic mass is 32.1. The smallest absolute Gasteiger partial charge is 0.170 e. The molecule has 194 valence electrons. The van der Waals surface area contributed by atoms with E-state index in [9.17, 15) is 0 Å². The summed E-state index contributed by atoms with van der Waals surface area (Å²) in [5, 5.41) is 9.18. The molecule has 0 saturated carbocycles. The fourth-order valence-corrected chi connectivity index (χ4v) is 11.8. The minimum atomic E-state index is -3.00. The lowest BCUT2D eigenvalue weighted by Crippen LogP contribution is -2.20. The van der Waals surface area contributed by atoms with Gasteiger partial charge in [-0.05, 0) is 67.0 Å². The van der Waals surface area contributed by atoms with Gasteiger partial charge in [-0.1, -0.05) is 115 Å². The zero-order valence-corrected chi connectivity index (χ0v) is 24.6. The number of allylic oxidation sites excluding steroid dienone is 4. The molecule has 1 atom stereocenters. The summed E-state index contributed by atoms with van der Waals surface area (Å²) in [5.41, 5.74) is 0. The van der Waals surface area contributed by atoms with Crippen LogP contribution in [0.3, 0.4) is 0 Å². The molecule has 1 aromatic heterocycles. The number of benzene rings is 5. The first-order valence-corrected chi connectivity index (χ1v) is 17.5. The highest BCUT2D eigenvalue weighted by Crippen LogP contribution is 2.54. The second-order valence-corrected chi connectivity index (χ2v) is 16.1. The maximum absolute atomic E-state index is 15.1. The molecule has 1 aliphatic carbocycles. The minimum Gasteiger partial charge on any atom is -0.309 e. The molecule has 1 unspecified atom stereocenters. The molecule has 0 fully saturated rings. The predicted octanol–water partition coefficient (Wildman–Crippen LogP) is 8.36. The first kappa shape index (κ1) is 25.4. The maximum Gasteiger partial charge on any atom is 0.170 e. The molecule has 0 radical (unpaired) electrons. The maximum atomic E-state index is 15.1. The van der Waals surface area contributed by atoms with Crippen LogP contribution in [-0.2, 0) is 4.57 Å². The summed E-state index contributed by atoms with van der Waals surface area (Å²) in [6.45, 7) is 0. The molecule has 0 amide bonds. The molecule has 7 rings (SSSR count). The van der Waals surface area contributed by atoms with Crippen LogP contribution in [0.2, 0.25) is 0 Å². The molecule has 0 N–H and O–H groups in total. The summed E-state index contributed by atoms with van der Waals surface area (Å²) in [5.74, 6) is 0. The number of hydrogen-bond donors (Lipinski definition) is 0. The third kappa shape index (κ3) is 4.51. The van der Waals surface area contributed by atoms with Crippen LogP contribution in [0.25, 0.3) is 20.2 Å². The molecule has 0 spiro atoms. The van der Waals surface area contributed by atoms with Crippen LogP contribution < -0.4 is 26.5 Å². The zero-order valence-electron chi connectivity index (χ0n) is 22.0. The van der Waals surface area contributed by atoms with Crippen molar-refractivity contribution in [1.29, 1.82) is 0 Å². The molecular formula is C36H28OP2S. The standard InChI is InChI=1S/C36H28OP2S/c37-39(30-17-9-3-10-18-30,31-19-11-4-12-20-31)32-22-24-36-34(26-32)33-25-29(21-23-35(33)40-36)38(27-13-5-1-6-14-27)28-15-7-2-8-16-28/h1-3,5-11,13-26H,4,12H2. The van der Waals surface area contributed by atoms with E-state index in [-0.39, 0.29) is 0 Å². The third-order valence-electron chi connectivity index (χ3n) is 7.55. The number of hydrogen-bond acceptors (Lipinski definition) is 2. The van der Waals surface area contributed by atoms with Gasteiger partial charge >= 0.3 is 0 Å². The van der Waals surface area contributed by atoms with E-state index >= 15 is 4.57 Å². The van der Waals surface area contributed by atoms with E-state index in [4.69, 9.17) is 0 Å². The van der Waals surface area contributed by atoms with Gasteiger partial charge in [0.05, 0.1) is 0 Å². The zero-order chi connectivity index (χ0) is 26.9. The van der Waals surface area contributed by atoms with Gasteiger partial charge in [0.1, 0.15) is 0 Å². The normalized spacial score (nSPS) is 14.9. The van der Waals surface area contributed by atoms with Gasteiger partial charge in [0.15, 0.2) is 7.14 Å². The predicted molar refractivity (Wildman–Crippen MR) is 178 cm³/mol. The van der Waals surface area contributed by atoms with E-state index in [1.165, 1.54) is 36.1 Å². The van der Waals surface area contributed by atoms with Gasteiger partial charge in [-0.15, -0.1) is 11.3 Å². The van der Waals surface area contributed by atoms with Crippen LogP contribution in [0.15, 0.2) is 151 Å². The largest absolute Gasteiger partial charge is 0.309 e. The first-order valence-electron chi connectivity index (χ1n) is 13.6. The summed E-state index contributed by atoms with van der Waals surface area (Å²) in [4.78, 5) is 0. The molecule has 0 aliphatic heterocycles. The van der Waals surface area contributed by atoms with Gasteiger partial charge in [0.25, 0.3) is 0 Å². The molecule has 6 aromatic rings. The highest BCUT2D eigenvalue weighted by molar-refractivity contribution is 7.82. The highest BCUT2D eigenvalue weighted by Gasteiger charge is 2.31. The summed E-state index contributed by atoms with van der Waals surface area (Å²) in [6, 6.07) is 45.1. The SMILES string of the molecule is O=P(C1=CCCC=C1)(c1ccccc1)c1ccc2sc3ccc(P(c4ccccc4)c4ccccc4)cc3c2c1. The lowest BCUT2D eigenvalue weighted by atomic mass is 10.1. The Morgan fingerprint density at radius 2 is 1.18 bits per heavy atom. The van der Waals surface area contributed by atoms with Crippen molar-refractivity contribution >= 4 is 73.1 Å². The summed E-state index contributed by atoms with van der Waals surface area (Å²) in [6.07, 6.45) is 8.34. The van der Waals surface area contributed by atoms with Crippen molar-refractivity contribution in [3.8, 4) is 0 Å². The fraction of sp³-hybridized carbons (Fsp3) is 0.0556. The van der Waals surface area contributed by atoms with Gasteiger partial charge in [-0.2, -0.15) is 0 Å². The van der Waals surface area contributed by atoms with Crippen LogP contribution in [-0.4, -0.2) is 0 Å². The van der Waals surface area contributed by atoms with Crippen LogP contribution in [0.4, 0.5) is 0 Å². The molecule has 40 heavy (non-hydrogen) atoms. The monoisotopic (exact) mass is 570 g/mol. The third-order valence-corrected chi connectivity index (χ3v) is 14.2. The van der Waals surface area contributed by atoms with Crippen molar-refractivity contribution in [2.45, 2.75) is 12.8 Å². The fourth-order valence-electron chi connectivity index (χ4n) is 5.61. The Bertz CT molecular complexity index is 1880.